The number of carbonyl (C=O) groups is 1. The number of nitrogens with zero attached hydrogens (tertiary/aromatic N) is 3. The van der Waals surface area contributed by atoms with Gasteiger partial charge in [0.25, 0.3) is 0 Å². The van der Waals surface area contributed by atoms with Gasteiger partial charge in [-0.3, -0.25) is 9.78 Å². The molecule has 2 aromatic rings. The second kappa shape index (κ2) is 7.66. The molecular weight excluding hydrogens is 310 g/mol. The zero-order valence-electron chi connectivity index (χ0n) is 13.3. The van der Waals surface area contributed by atoms with Gasteiger partial charge < -0.3 is 9.64 Å². The van der Waals surface area contributed by atoms with E-state index in [-0.39, 0.29) is 12.0 Å². The van der Waals surface area contributed by atoms with Crippen molar-refractivity contribution in [2.75, 3.05) is 13.1 Å². The Bertz CT molecular complexity index is 644. The fourth-order valence-corrected chi connectivity index (χ4v) is 3.36. The quantitative estimate of drug-likeness (QED) is 0.845. The van der Waals surface area contributed by atoms with Gasteiger partial charge in [0.2, 0.25) is 5.91 Å². The molecule has 3 heterocycles. The average Bonchev–Trinajstić information content (AvgIpc) is 2.99. The number of amides is 1. The summed E-state index contributed by atoms with van der Waals surface area (Å²) in [7, 11) is 0. The van der Waals surface area contributed by atoms with E-state index in [2.05, 4.69) is 9.97 Å². The first kappa shape index (κ1) is 16.1. The van der Waals surface area contributed by atoms with E-state index in [4.69, 9.17) is 4.74 Å². The number of aromatic nitrogens is 2. The largest absolute Gasteiger partial charge is 0.370 e. The SMILES string of the molecule is Cc1nc(CC(=O)N2CCCC(OCc3ccccn3)C2)cs1. The lowest BCUT2D eigenvalue weighted by Crippen LogP contribution is -2.43. The van der Waals surface area contributed by atoms with Gasteiger partial charge in [0.05, 0.1) is 35.5 Å². The molecule has 122 valence electrons. The Morgan fingerprint density at radius 1 is 1.43 bits per heavy atom. The minimum Gasteiger partial charge on any atom is -0.370 e. The second-order valence-corrected chi connectivity index (χ2v) is 6.83. The summed E-state index contributed by atoms with van der Waals surface area (Å²) >= 11 is 1.59. The number of piperidine rings is 1. The molecule has 0 N–H and O–H groups in total. The Morgan fingerprint density at radius 2 is 2.35 bits per heavy atom. The lowest BCUT2D eigenvalue weighted by atomic mass is 10.1. The molecule has 0 aliphatic carbocycles. The first-order chi connectivity index (χ1) is 11.2. The highest BCUT2D eigenvalue weighted by atomic mass is 32.1. The van der Waals surface area contributed by atoms with Crippen LogP contribution in [0.25, 0.3) is 0 Å². The molecule has 0 aromatic carbocycles. The highest BCUT2D eigenvalue weighted by Crippen LogP contribution is 2.17. The fourth-order valence-electron chi connectivity index (χ4n) is 2.74. The van der Waals surface area contributed by atoms with E-state index in [0.717, 1.165) is 35.8 Å². The molecule has 3 rings (SSSR count). The number of likely N-dealkylation sites (tertiary alicyclic amines) is 1. The van der Waals surface area contributed by atoms with Crippen LogP contribution in [0.15, 0.2) is 29.8 Å². The highest BCUT2D eigenvalue weighted by molar-refractivity contribution is 7.09. The van der Waals surface area contributed by atoms with Crippen LogP contribution in [0.2, 0.25) is 0 Å². The van der Waals surface area contributed by atoms with E-state index in [1.807, 2.05) is 35.4 Å². The number of thiazole rings is 1. The molecule has 1 fully saturated rings. The van der Waals surface area contributed by atoms with Crippen molar-refractivity contribution in [2.24, 2.45) is 0 Å². The van der Waals surface area contributed by atoms with Crippen LogP contribution in [0, 0.1) is 6.92 Å². The maximum Gasteiger partial charge on any atom is 0.228 e. The summed E-state index contributed by atoms with van der Waals surface area (Å²) in [6.45, 7) is 3.93. The van der Waals surface area contributed by atoms with Gasteiger partial charge in [-0.25, -0.2) is 4.98 Å². The Kier molecular flexibility index (Phi) is 5.35. The van der Waals surface area contributed by atoms with Gasteiger partial charge >= 0.3 is 0 Å². The van der Waals surface area contributed by atoms with Crippen LogP contribution in [-0.2, 0) is 22.6 Å². The van der Waals surface area contributed by atoms with Crippen molar-refractivity contribution in [2.45, 2.75) is 38.9 Å². The van der Waals surface area contributed by atoms with Crippen LogP contribution in [0.5, 0.6) is 0 Å². The molecule has 23 heavy (non-hydrogen) atoms. The maximum atomic E-state index is 12.4. The van der Waals surface area contributed by atoms with Crippen molar-refractivity contribution in [3.63, 3.8) is 0 Å². The minimum absolute atomic E-state index is 0.0897. The molecule has 1 aliphatic rings. The van der Waals surface area contributed by atoms with E-state index in [9.17, 15) is 4.79 Å². The van der Waals surface area contributed by atoms with Gasteiger partial charge in [0.15, 0.2) is 0 Å². The van der Waals surface area contributed by atoms with Crippen molar-refractivity contribution < 1.29 is 9.53 Å². The molecule has 1 saturated heterocycles. The molecule has 0 spiro atoms. The predicted octanol–water partition coefficient (Wildman–Crippen LogP) is 2.60. The van der Waals surface area contributed by atoms with Gasteiger partial charge in [-0.2, -0.15) is 0 Å². The van der Waals surface area contributed by atoms with E-state index < -0.39 is 0 Å². The van der Waals surface area contributed by atoms with E-state index in [1.165, 1.54) is 0 Å². The third-order valence-electron chi connectivity index (χ3n) is 3.92. The van der Waals surface area contributed by atoms with Gasteiger partial charge in [-0.15, -0.1) is 11.3 Å². The molecule has 6 heteroatoms. The molecular formula is C17H21N3O2S. The summed E-state index contributed by atoms with van der Waals surface area (Å²) < 4.78 is 5.93. The normalized spacial score (nSPS) is 18.1. The molecule has 0 radical (unpaired) electrons. The topological polar surface area (TPSA) is 55.3 Å². The van der Waals surface area contributed by atoms with Crippen LogP contribution in [-0.4, -0.2) is 40.0 Å². The summed E-state index contributed by atoms with van der Waals surface area (Å²) in [5, 5.41) is 2.97. The maximum absolute atomic E-state index is 12.4. The van der Waals surface area contributed by atoms with Crippen molar-refractivity contribution >= 4 is 17.2 Å². The number of aryl methyl sites for hydroxylation is 1. The Labute approximate surface area is 140 Å². The van der Waals surface area contributed by atoms with Crippen LogP contribution in [0.1, 0.15) is 29.2 Å². The molecule has 1 amide bonds. The number of hydrogen-bond acceptors (Lipinski definition) is 5. The molecule has 1 unspecified atom stereocenters. The smallest absolute Gasteiger partial charge is 0.228 e. The molecule has 2 aromatic heterocycles. The molecule has 1 aliphatic heterocycles. The summed E-state index contributed by atoms with van der Waals surface area (Å²) in [4.78, 5) is 23.0. The van der Waals surface area contributed by atoms with Crippen molar-refractivity contribution in [1.29, 1.82) is 0 Å². The lowest BCUT2D eigenvalue weighted by Gasteiger charge is -2.32. The van der Waals surface area contributed by atoms with E-state index in [0.29, 0.717) is 19.6 Å². The standard InChI is InChI=1S/C17H21N3O2S/c1-13-19-15(12-23-13)9-17(21)20-8-4-6-16(10-20)22-11-14-5-2-3-7-18-14/h2-3,5,7,12,16H,4,6,8-11H2,1H3. The summed E-state index contributed by atoms with van der Waals surface area (Å²) in [6.07, 6.45) is 4.22. The third-order valence-corrected chi connectivity index (χ3v) is 4.75. The Hall–Kier alpha value is -1.79. The monoisotopic (exact) mass is 331 g/mol. The van der Waals surface area contributed by atoms with Crippen LogP contribution in [0.4, 0.5) is 0 Å². The van der Waals surface area contributed by atoms with Crippen molar-refractivity contribution in [3.8, 4) is 0 Å². The van der Waals surface area contributed by atoms with E-state index >= 15 is 0 Å². The number of hydrogen-bond donors (Lipinski definition) is 0. The molecule has 5 nitrogen and oxygen atoms in total. The zero-order valence-corrected chi connectivity index (χ0v) is 14.1. The summed E-state index contributed by atoms with van der Waals surface area (Å²) in [5.74, 6) is 0.140. The van der Waals surface area contributed by atoms with Gasteiger partial charge in [-0.1, -0.05) is 6.07 Å². The highest BCUT2D eigenvalue weighted by Gasteiger charge is 2.24. The minimum atomic E-state index is 0.0897. The van der Waals surface area contributed by atoms with E-state index in [1.54, 1.807) is 17.5 Å². The zero-order chi connectivity index (χ0) is 16.1. The van der Waals surface area contributed by atoms with Gasteiger partial charge in [0.1, 0.15) is 0 Å². The first-order valence-electron chi connectivity index (χ1n) is 7.91. The van der Waals surface area contributed by atoms with Crippen LogP contribution in [0.3, 0.4) is 0 Å². The number of rotatable bonds is 5. The molecule has 1 atom stereocenters. The lowest BCUT2D eigenvalue weighted by molar-refractivity contribution is -0.135. The first-order valence-corrected chi connectivity index (χ1v) is 8.79. The molecule has 0 bridgehead atoms. The number of carbonyl (C=O) groups excluding carboxylic acids is 1. The molecule has 0 saturated carbocycles. The number of pyridine rings is 1. The van der Waals surface area contributed by atoms with Crippen LogP contribution < -0.4 is 0 Å². The second-order valence-electron chi connectivity index (χ2n) is 5.77. The summed E-state index contributed by atoms with van der Waals surface area (Å²) in [5.41, 5.74) is 1.79. The summed E-state index contributed by atoms with van der Waals surface area (Å²) in [6, 6.07) is 5.80. The number of ether oxygens (including phenoxy) is 1. The fraction of sp³-hybridized carbons (Fsp3) is 0.471. The predicted molar refractivity (Wildman–Crippen MR) is 89.2 cm³/mol. The van der Waals surface area contributed by atoms with Crippen molar-refractivity contribution in [3.05, 3.63) is 46.2 Å². The van der Waals surface area contributed by atoms with Crippen molar-refractivity contribution in [1.82, 2.24) is 14.9 Å². The Balaban J connectivity index is 1.50. The van der Waals surface area contributed by atoms with Gasteiger partial charge in [0, 0.05) is 24.7 Å². The van der Waals surface area contributed by atoms with Crippen LogP contribution >= 0.6 is 11.3 Å². The third kappa shape index (κ3) is 4.59. The average molecular weight is 331 g/mol. The Morgan fingerprint density at radius 3 is 3.09 bits per heavy atom. The van der Waals surface area contributed by atoms with Gasteiger partial charge in [-0.05, 0) is 31.9 Å².